The lowest BCUT2D eigenvalue weighted by Gasteiger charge is -2.13. The summed E-state index contributed by atoms with van der Waals surface area (Å²) < 4.78 is 5.60. The maximum atomic E-state index is 10.7. The molecule has 6 N–H and O–H groups in total. The van der Waals surface area contributed by atoms with Gasteiger partial charge in [0.15, 0.2) is 0 Å². The minimum atomic E-state index is -0.359. The minimum absolute atomic E-state index is 0.226. The first-order valence-corrected chi connectivity index (χ1v) is 7.01. The minimum Gasteiger partial charge on any atom is -0.492 e. The first-order chi connectivity index (χ1) is 9.97. The van der Waals surface area contributed by atoms with Gasteiger partial charge in [0.2, 0.25) is 11.8 Å². The molecular weight excluding hydrogens is 270 g/mol. The van der Waals surface area contributed by atoms with Gasteiger partial charge in [0, 0.05) is 18.9 Å². The molecule has 0 radical (unpaired) electrons. The van der Waals surface area contributed by atoms with Crippen LogP contribution in [-0.2, 0) is 16.0 Å². The van der Waals surface area contributed by atoms with Crippen molar-refractivity contribution in [1.29, 1.82) is 0 Å². The summed E-state index contributed by atoms with van der Waals surface area (Å²) in [5.41, 5.74) is 17.1. The second kappa shape index (κ2) is 8.97. The molecule has 1 unspecified atom stereocenters. The summed E-state index contributed by atoms with van der Waals surface area (Å²) in [5.74, 6) is 0.0748. The molecule has 6 heteroatoms. The van der Waals surface area contributed by atoms with Crippen molar-refractivity contribution in [2.24, 2.45) is 17.2 Å². The van der Waals surface area contributed by atoms with Crippen LogP contribution in [0.5, 0.6) is 5.75 Å². The number of nitrogens with two attached hydrogens (primary N) is 3. The Balaban J connectivity index is 2.38. The Morgan fingerprint density at radius 1 is 1.14 bits per heavy atom. The largest absolute Gasteiger partial charge is 0.492 e. The van der Waals surface area contributed by atoms with E-state index in [2.05, 4.69) is 0 Å². The lowest BCUT2D eigenvalue weighted by Crippen LogP contribution is -2.29. The fraction of sp³-hybridized carbons (Fsp3) is 0.467. The lowest BCUT2D eigenvalue weighted by molar-refractivity contribution is -0.119. The van der Waals surface area contributed by atoms with Crippen molar-refractivity contribution < 1.29 is 14.3 Å². The Bertz CT molecular complexity index is 477. The van der Waals surface area contributed by atoms with Crippen molar-refractivity contribution in [2.75, 3.05) is 6.61 Å². The van der Waals surface area contributed by atoms with Crippen LogP contribution in [0.2, 0.25) is 0 Å². The van der Waals surface area contributed by atoms with E-state index in [1.807, 2.05) is 24.3 Å². The number of aryl methyl sites for hydroxylation is 1. The van der Waals surface area contributed by atoms with Crippen molar-refractivity contribution in [3.05, 3.63) is 29.8 Å². The first-order valence-electron chi connectivity index (χ1n) is 7.01. The number of hydrogen-bond donors (Lipinski definition) is 3. The van der Waals surface area contributed by atoms with Gasteiger partial charge >= 0.3 is 0 Å². The average Bonchev–Trinajstić information content (AvgIpc) is 2.43. The first kappa shape index (κ1) is 17.0. The topological polar surface area (TPSA) is 121 Å². The average molecular weight is 293 g/mol. The molecule has 6 nitrogen and oxygen atoms in total. The van der Waals surface area contributed by atoms with E-state index in [1.54, 1.807) is 0 Å². The predicted octanol–water partition coefficient (Wildman–Crippen LogP) is 0.466. The summed E-state index contributed by atoms with van der Waals surface area (Å²) in [6, 6.07) is 7.40. The van der Waals surface area contributed by atoms with Crippen LogP contribution in [0.25, 0.3) is 0 Å². The third-order valence-electron chi connectivity index (χ3n) is 3.01. The number of benzene rings is 1. The molecule has 1 rings (SSSR count). The molecule has 0 fully saturated rings. The molecule has 21 heavy (non-hydrogen) atoms. The molecule has 0 spiro atoms. The molecule has 116 valence electrons. The smallest absolute Gasteiger partial charge is 0.217 e. The summed E-state index contributed by atoms with van der Waals surface area (Å²) in [4.78, 5) is 21.4. The number of carbonyl (C=O) groups is 2. The molecule has 0 heterocycles. The number of rotatable bonds is 10. The van der Waals surface area contributed by atoms with Crippen molar-refractivity contribution in [2.45, 2.75) is 38.1 Å². The highest BCUT2D eigenvalue weighted by Gasteiger charge is 2.06. The van der Waals surface area contributed by atoms with E-state index < -0.39 is 0 Å². The maximum Gasteiger partial charge on any atom is 0.217 e. The molecule has 0 aliphatic rings. The van der Waals surface area contributed by atoms with Crippen LogP contribution in [0, 0.1) is 0 Å². The Morgan fingerprint density at radius 2 is 1.86 bits per heavy atom. The molecule has 1 atom stereocenters. The van der Waals surface area contributed by atoms with Crippen LogP contribution < -0.4 is 21.9 Å². The number of primary amides is 2. The molecule has 1 aromatic rings. The zero-order valence-corrected chi connectivity index (χ0v) is 12.1. The summed E-state index contributed by atoms with van der Waals surface area (Å²) >= 11 is 0. The van der Waals surface area contributed by atoms with Crippen molar-refractivity contribution in [3.8, 4) is 5.75 Å². The third kappa shape index (κ3) is 7.94. The predicted molar refractivity (Wildman–Crippen MR) is 80.5 cm³/mol. The van der Waals surface area contributed by atoms with E-state index >= 15 is 0 Å². The van der Waals surface area contributed by atoms with E-state index in [-0.39, 0.29) is 24.3 Å². The second-order valence-corrected chi connectivity index (χ2v) is 5.04. The third-order valence-corrected chi connectivity index (χ3v) is 3.01. The fourth-order valence-corrected chi connectivity index (χ4v) is 1.87. The van der Waals surface area contributed by atoms with Gasteiger partial charge in [-0.2, -0.15) is 0 Å². The van der Waals surface area contributed by atoms with Gasteiger partial charge < -0.3 is 21.9 Å². The fourth-order valence-electron chi connectivity index (χ4n) is 1.87. The number of hydrogen-bond acceptors (Lipinski definition) is 4. The van der Waals surface area contributed by atoms with Crippen LogP contribution in [-0.4, -0.2) is 24.5 Å². The van der Waals surface area contributed by atoms with Crippen LogP contribution in [0.1, 0.15) is 31.2 Å². The Morgan fingerprint density at radius 3 is 2.52 bits per heavy atom. The second-order valence-electron chi connectivity index (χ2n) is 5.04. The molecular formula is C15H23N3O3. The van der Waals surface area contributed by atoms with E-state index in [0.29, 0.717) is 19.4 Å². The SMILES string of the molecule is NC(=O)CCCc1cccc(OCC(N)CCC(N)=O)c1. The highest BCUT2D eigenvalue weighted by atomic mass is 16.5. The van der Waals surface area contributed by atoms with Gasteiger partial charge in [0.1, 0.15) is 12.4 Å². The normalized spacial score (nSPS) is 11.9. The van der Waals surface area contributed by atoms with E-state index in [0.717, 1.165) is 24.2 Å². The summed E-state index contributed by atoms with van der Waals surface area (Å²) in [5, 5.41) is 0. The summed E-state index contributed by atoms with van der Waals surface area (Å²) in [6.45, 7) is 0.331. The van der Waals surface area contributed by atoms with Crippen LogP contribution in [0.15, 0.2) is 24.3 Å². The molecule has 0 saturated carbocycles. The van der Waals surface area contributed by atoms with Gasteiger partial charge in [-0.1, -0.05) is 12.1 Å². The van der Waals surface area contributed by atoms with Gasteiger partial charge in [-0.3, -0.25) is 9.59 Å². The molecule has 0 aliphatic carbocycles. The zero-order valence-electron chi connectivity index (χ0n) is 12.1. The number of ether oxygens (including phenoxy) is 1. The lowest BCUT2D eigenvalue weighted by atomic mass is 10.1. The van der Waals surface area contributed by atoms with E-state index in [9.17, 15) is 9.59 Å². The highest BCUT2D eigenvalue weighted by Crippen LogP contribution is 2.15. The molecule has 0 bridgehead atoms. The molecule has 1 aromatic carbocycles. The number of carbonyl (C=O) groups excluding carboxylic acids is 2. The zero-order chi connectivity index (χ0) is 15.7. The summed E-state index contributed by atoms with van der Waals surface area (Å²) in [6.07, 6.45) is 2.64. The van der Waals surface area contributed by atoms with Gasteiger partial charge in [-0.05, 0) is 37.0 Å². The van der Waals surface area contributed by atoms with Crippen LogP contribution in [0.3, 0.4) is 0 Å². The van der Waals surface area contributed by atoms with Gasteiger partial charge in [-0.25, -0.2) is 0 Å². The molecule has 2 amide bonds. The maximum absolute atomic E-state index is 10.7. The quantitative estimate of drug-likeness (QED) is 0.580. The van der Waals surface area contributed by atoms with E-state index in [4.69, 9.17) is 21.9 Å². The van der Waals surface area contributed by atoms with Crippen molar-refractivity contribution in [3.63, 3.8) is 0 Å². The Labute approximate surface area is 124 Å². The monoisotopic (exact) mass is 293 g/mol. The molecule has 0 aromatic heterocycles. The van der Waals surface area contributed by atoms with E-state index in [1.165, 1.54) is 0 Å². The Kier molecular flexibility index (Phi) is 7.25. The highest BCUT2D eigenvalue weighted by molar-refractivity contribution is 5.73. The van der Waals surface area contributed by atoms with Crippen molar-refractivity contribution >= 4 is 11.8 Å². The van der Waals surface area contributed by atoms with Crippen LogP contribution in [0.4, 0.5) is 0 Å². The molecule has 0 aliphatic heterocycles. The Hall–Kier alpha value is -2.08. The van der Waals surface area contributed by atoms with Gasteiger partial charge in [0.25, 0.3) is 0 Å². The molecule has 0 saturated heterocycles. The standard InChI is InChI=1S/C15H23N3O3/c16-12(7-8-15(18)20)10-21-13-5-1-3-11(9-13)4-2-6-14(17)19/h1,3,5,9,12H,2,4,6-8,10,16H2,(H2,17,19)(H2,18,20). The van der Waals surface area contributed by atoms with Crippen molar-refractivity contribution in [1.82, 2.24) is 0 Å². The number of amides is 2. The van der Waals surface area contributed by atoms with Gasteiger partial charge in [0.05, 0.1) is 0 Å². The van der Waals surface area contributed by atoms with Crippen LogP contribution >= 0.6 is 0 Å². The van der Waals surface area contributed by atoms with Gasteiger partial charge in [-0.15, -0.1) is 0 Å². The summed E-state index contributed by atoms with van der Waals surface area (Å²) in [7, 11) is 0.